The molecule has 0 atom stereocenters. The van der Waals surface area contributed by atoms with Gasteiger partial charge in [-0.25, -0.2) is 9.69 Å². The van der Waals surface area contributed by atoms with Crippen LogP contribution in [0.2, 0.25) is 0 Å². The molecule has 1 amide bonds. The lowest BCUT2D eigenvalue weighted by molar-refractivity contribution is -0.142. The Balaban J connectivity index is 1.66. The minimum Gasteiger partial charge on any atom is -0.466 e. The number of rotatable bonds is 8. The van der Waals surface area contributed by atoms with Crippen LogP contribution >= 0.6 is 31.9 Å². The fraction of sp³-hybridized carbons (Fsp3) is 0.207. The summed E-state index contributed by atoms with van der Waals surface area (Å²) in [5, 5.41) is 4.17. The van der Waals surface area contributed by atoms with E-state index in [0.29, 0.717) is 29.4 Å². The number of nitrogens with zero attached hydrogens (tertiary/aromatic N) is 2. The Kier molecular flexibility index (Phi) is 9.01. The molecule has 4 aromatic rings. The summed E-state index contributed by atoms with van der Waals surface area (Å²) in [5.74, 6) is 0.206. The van der Waals surface area contributed by atoms with E-state index in [1.165, 1.54) is 4.90 Å². The Morgan fingerprint density at radius 1 is 0.842 bits per heavy atom. The molecule has 4 rings (SSSR count). The van der Waals surface area contributed by atoms with Gasteiger partial charge in [0.2, 0.25) is 0 Å². The van der Waals surface area contributed by atoms with Crippen LogP contribution in [-0.4, -0.2) is 30.4 Å². The molecule has 0 saturated carbocycles. The van der Waals surface area contributed by atoms with Crippen LogP contribution in [0.25, 0.3) is 22.5 Å². The van der Waals surface area contributed by atoms with Gasteiger partial charge in [0.05, 0.1) is 25.3 Å². The summed E-state index contributed by atoms with van der Waals surface area (Å²) >= 11 is 6.99. The van der Waals surface area contributed by atoms with E-state index in [4.69, 9.17) is 14.0 Å². The predicted molar refractivity (Wildman–Crippen MR) is 153 cm³/mol. The Labute approximate surface area is 238 Å². The topological polar surface area (TPSA) is 81.9 Å². The lowest BCUT2D eigenvalue weighted by Crippen LogP contribution is -2.27. The van der Waals surface area contributed by atoms with Gasteiger partial charge in [-0.15, -0.1) is 0 Å². The molecule has 38 heavy (non-hydrogen) atoms. The Morgan fingerprint density at radius 2 is 1.39 bits per heavy atom. The van der Waals surface area contributed by atoms with Gasteiger partial charge in [0.15, 0.2) is 5.76 Å². The first kappa shape index (κ1) is 27.6. The molecule has 0 saturated heterocycles. The van der Waals surface area contributed by atoms with Crippen molar-refractivity contribution in [3.63, 3.8) is 0 Å². The summed E-state index contributed by atoms with van der Waals surface area (Å²) < 4.78 is 17.7. The number of hydrogen-bond acceptors (Lipinski definition) is 6. The van der Waals surface area contributed by atoms with Gasteiger partial charge in [0.1, 0.15) is 11.4 Å². The molecule has 0 aliphatic heterocycles. The summed E-state index contributed by atoms with van der Waals surface area (Å²) in [4.78, 5) is 26.4. The number of halogens is 2. The van der Waals surface area contributed by atoms with Crippen LogP contribution in [-0.2, 0) is 20.7 Å². The van der Waals surface area contributed by atoms with Gasteiger partial charge in [-0.2, -0.15) is 0 Å². The monoisotopic (exact) mass is 640 g/mol. The van der Waals surface area contributed by atoms with Crippen molar-refractivity contribution in [2.45, 2.75) is 27.2 Å². The largest absolute Gasteiger partial charge is 0.466 e. The molecule has 196 valence electrons. The molecule has 1 aromatic heterocycles. The number of amides is 1. The molecule has 0 aliphatic rings. The van der Waals surface area contributed by atoms with E-state index in [-0.39, 0.29) is 19.0 Å². The first-order chi connectivity index (χ1) is 18.3. The van der Waals surface area contributed by atoms with Crippen LogP contribution in [0.1, 0.15) is 25.1 Å². The number of benzene rings is 3. The molecule has 0 unspecified atom stereocenters. The van der Waals surface area contributed by atoms with Gasteiger partial charge < -0.3 is 14.0 Å². The van der Waals surface area contributed by atoms with Crippen LogP contribution in [0, 0.1) is 6.92 Å². The third-order valence-corrected chi connectivity index (χ3v) is 6.61. The molecule has 0 bridgehead atoms. The van der Waals surface area contributed by atoms with Crippen molar-refractivity contribution in [1.29, 1.82) is 0 Å². The van der Waals surface area contributed by atoms with Crippen LogP contribution in [0.5, 0.6) is 0 Å². The van der Waals surface area contributed by atoms with Crippen LogP contribution in [0.4, 0.5) is 16.2 Å². The molecular formula is C29H26Br2N2O5. The number of ether oxygens (including phenoxy) is 2. The highest BCUT2D eigenvalue weighted by molar-refractivity contribution is 9.11. The standard InChI is InChI=1S/C29H26Br2N2O5/c1-4-36-26(34)14-19-6-8-20(9-7-19)21-10-12-22(13-11-21)28-27(18(3)32-38-28)33(29(35)37-5-2)25-16-23(30)15-24(31)17-25/h6-13,15-17H,4-5,14H2,1-3H3. The molecule has 0 spiro atoms. The highest BCUT2D eigenvalue weighted by Gasteiger charge is 2.29. The molecule has 0 radical (unpaired) electrons. The van der Waals surface area contributed by atoms with Crippen LogP contribution in [0.15, 0.2) is 80.2 Å². The maximum Gasteiger partial charge on any atom is 0.419 e. The van der Waals surface area contributed by atoms with Crippen molar-refractivity contribution in [2.75, 3.05) is 18.1 Å². The summed E-state index contributed by atoms with van der Waals surface area (Å²) in [5.41, 5.74) is 5.29. The van der Waals surface area contributed by atoms with Crippen molar-refractivity contribution in [3.05, 3.63) is 86.9 Å². The molecule has 0 aliphatic carbocycles. The number of esters is 1. The van der Waals surface area contributed by atoms with Gasteiger partial charge in [-0.3, -0.25) is 4.79 Å². The second-order valence-corrected chi connectivity index (χ2v) is 10.2. The number of aromatic nitrogens is 1. The third kappa shape index (κ3) is 6.34. The van der Waals surface area contributed by atoms with Gasteiger partial charge in [-0.1, -0.05) is 85.5 Å². The SMILES string of the molecule is CCOC(=O)Cc1ccc(-c2ccc(-c3onc(C)c3N(C(=O)OCC)c3cc(Br)cc(Br)c3)cc2)cc1. The highest BCUT2D eigenvalue weighted by Crippen LogP contribution is 2.40. The first-order valence-corrected chi connectivity index (χ1v) is 13.6. The molecule has 3 aromatic carbocycles. The summed E-state index contributed by atoms with van der Waals surface area (Å²) in [6, 6.07) is 21.1. The van der Waals surface area contributed by atoms with Crippen LogP contribution in [0.3, 0.4) is 0 Å². The lowest BCUT2D eigenvalue weighted by Gasteiger charge is -2.22. The van der Waals surface area contributed by atoms with Crippen molar-refractivity contribution < 1.29 is 23.6 Å². The Bertz CT molecular complexity index is 1410. The third-order valence-electron chi connectivity index (χ3n) is 5.70. The van der Waals surface area contributed by atoms with Crippen LogP contribution < -0.4 is 4.90 Å². The van der Waals surface area contributed by atoms with E-state index < -0.39 is 6.09 Å². The van der Waals surface area contributed by atoms with Gasteiger partial charge in [0.25, 0.3) is 0 Å². The number of hydrogen-bond donors (Lipinski definition) is 0. The summed E-state index contributed by atoms with van der Waals surface area (Å²) in [6.07, 6.45) is -0.295. The Morgan fingerprint density at radius 3 is 1.97 bits per heavy atom. The van der Waals surface area contributed by atoms with E-state index in [1.807, 2.05) is 66.7 Å². The average Bonchev–Trinajstić information content (AvgIpc) is 3.25. The molecule has 7 nitrogen and oxygen atoms in total. The van der Waals surface area contributed by atoms with E-state index >= 15 is 0 Å². The number of carbonyl (C=O) groups is 2. The van der Waals surface area contributed by atoms with Gasteiger partial charge >= 0.3 is 12.1 Å². The van der Waals surface area contributed by atoms with E-state index in [2.05, 4.69) is 37.0 Å². The zero-order valence-corrected chi connectivity index (χ0v) is 24.3. The molecule has 9 heteroatoms. The molecule has 1 heterocycles. The average molecular weight is 642 g/mol. The van der Waals surface area contributed by atoms with Crippen molar-refractivity contribution in [2.24, 2.45) is 0 Å². The van der Waals surface area contributed by atoms with Crippen molar-refractivity contribution in [3.8, 4) is 22.5 Å². The quantitative estimate of drug-likeness (QED) is 0.180. The molecular weight excluding hydrogens is 616 g/mol. The fourth-order valence-corrected chi connectivity index (χ4v) is 5.28. The minimum atomic E-state index is -0.537. The van der Waals surface area contributed by atoms with Gasteiger partial charge in [-0.05, 0) is 55.7 Å². The summed E-state index contributed by atoms with van der Waals surface area (Å²) in [6.45, 7) is 5.93. The fourth-order valence-electron chi connectivity index (χ4n) is 4.01. The number of carbonyl (C=O) groups excluding carboxylic acids is 2. The highest BCUT2D eigenvalue weighted by atomic mass is 79.9. The maximum absolute atomic E-state index is 13.1. The first-order valence-electron chi connectivity index (χ1n) is 12.0. The lowest BCUT2D eigenvalue weighted by atomic mass is 10.0. The van der Waals surface area contributed by atoms with Crippen molar-refractivity contribution >= 4 is 55.3 Å². The summed E-state index contributed by atoms with van der Waals surface area (Å²) in [7, 11) is 0. The maximum atomic E-state index is 13.1. The zero-order chi connectivity index (χ0) is 27.2. The van der Waals surface area contributed by atoms with Crippen molar-refractivity contribution in [1.82, 2.24) is 5.16 Å². The Hall–Kier alpha value is -3.43. The van der Waals surface area contributed by atoms with Gasteiger partial charge in [0, 0.05) is 14.5 Å². The normalized spacial score (nSPS) is 10.8. The van der Waals surface area contributed by atoms with E-state index in [1.54, 1.807) is 20.8 Å². The predicted octanol–water partition coefficient (Wildman–Crippen LogP) is 8.24. The second-order valence-electron chi connectivity index (χ2n) is 8.36. The second kappa shape index (κ2) is 12.4. The minimum absolute atomic E-state index is 0.220. The zero-order valence-electron chi connectivity index (χ0n) is 21.2. The smallest absolute Gasteiger partial charge is 0.419 e. The van der Waals surface area contributed by atoms with E-state index in [9.17, 15) is 9.59 Å². The molecule has 0 fully saturated rings. The number of aryl methyl sites for hydroxylation is 1. The number of anilines is 2. The molecule has 0 N–H and O–H groups in total. The van der Waals surface area contributed by atoms with E-state index in [0.717, 1.165) is 31.2 Å².